The highest BCUT2D eigenvalue weighted by atomic mass is 16.3. The summed E-state index contributed by atoms with van der Waals surface area (Å²) in [5.41, 5.74) is 2.68. The lowest BCUT2D eigenvalue weighted by Gasteiger charge is -2.22. The monoisotopic (exact) mass is 442 g/mol. The Bertz CT molecular complexity index is 1410. The molecule has 4 aromatic rings. The fraction of sp³-hybridized carbons (Fsp3) is 0.200. The second-order valence-corrected chi connectivity index (χ2v) is 8.23. The van der Waals surface area contributed by atoms with Gasteiger partial charge >= 0.3 is 0 Å². The van der Waals surface area contributed by atoms with Crippen LogP contribution in [0.2, 0.25) is 0 Å². The molecule has 2 aromatic carbocycles. The van der Waals surface area contributed by atoms with Gasteiger partial charge in [0.15, 0.2) is 5.88 Å². The number of piperidine rings is 1. The van der Waals surface area contributed by atoms with E-state index in [0.717, 1.165) is 27.4 Å². The molecular formula is C25H22N4O4. The van der Waals surface area contributed by atoms with Crippen LogP contribution in [0.4, 0.5) is 0 Å². The summed E-state index contributed by atoms with van der Waals surface area (Å²) in [6, 6.07) is 14.5. The standard InChI is InChI=1S/C25H22N4O4/c30-22-8-7-21(24(32)28-22)29-14-18-11-16(3-5-19(18)25(29)33)13-27-23(31)12-15-4-6-20-17(10-15)2-1-9-26-20/h1-6,9-11,14,21,33H,7-8,12-13H2,(H,27,31)(H,28,30,32). The van der Waals surface area contributed by atoms with E-state index in [1.807, 2.05) is 42.5 Å². The van der Waals surface area contributed by atoms with Crippen molar-refractivity contribution in [1.82, 2.24) is 20.2 Å². The number of pyridine rings is 1. The van der Waals surface area contributed by atoms with Gasteiger partial charge in [-0.3, -0.25) is 24.7 Å². The Morgan fingerprint density at radius 2 is 1.94 bits per heavy atom. The van der Waals surface area contributed by atoms with Crippen LogP contribution in [0.15, 0.2) is 60.9 Å². The van der Waals surface area contributed by atoms with Crippen LogP contribution in [0.1, 0.15) is 30.0 Å². The highest BCUT2D eigenvalue weighted by molar-refractivity contribution is 6.00. The van der Waals surface area contributed by atoms with Crippen molar-refractivity contribution in [1.29, 1.82) is 0 Å². The van der Waals surface area contributed by atoms with Crippen molar-refractivity contribution in [3.05, 3.63) is 72.1 Å². The number of aromatic nitrogens is 2. The van der Waals surface area contributed by atoms with Gasteiger partial charge in [0, 0.05) is 41.5 Å². The van der Waals surface area contributed by atoms with Crippen molar-refractivity contribution in [2.45, 2.75) is 31.8 Å². The number of carbonyl (C=O) groups excluding carboxylic acids is 3. The summed E-state index contributed by atoms with van der Waals surface area (Å²) in [5.74, 6) is -0.826. The molecule has 2 aromatic heterocycles. The summed E-state index contributed by atoms with van der Waals surface area (Å²) < 4.78 is 1.50. The van der Waals surface area contributed by atoms with Gasteiger partial charge in [-0.1, -0.05) is 18.2 Å². The van der Waals surface area contributed by atoms with Crippen molar-refractivity contribution >= 4 is 39.4 Å². The first kappa shape index (κ1) is 20.7. The van der Waals surface area contributed by atoms with Gasteiger partial charge < -0.3 is 15.0 Å². The molecule has 3 N–H and O–H groups in total. The third-order valence-electron chi connectivity index (χ3n) is 5.95. The number of nitrogens with zero attached hydrogens (tertiary/aromatic N) is 2. The van der Waals surface area contributed by atoms with E-state index >= 15 is 0 Å². The van der Waals surface area contributed by atoms with E-state index in [0.29, 0.717) is 18.4 Å². The van der Waals surface area contributed by atoms with Crippen LogP contribution in [0.25, 0.3) is 21.7 Å². The Balaban J connectivity index is 1.27. The number of benzene rings is 2. The minimum Gasteiger partial charge on any atom is -0.494 e. The average molecular weight is 442 g/mol. The zero-order valence-electron chi connectivity index (χ0n) is 17.7. The number of aromatic hydroxyl groups is 1. The highest BCUT2D eigenvalue weighted by Gasteiger charge is 2.30. The first-order valence-electron chi connectivity index (χ1n) is 10.7. The van der Waals surface area contributed by atoms with Gasteiger partial charge in [-0.2, -0.15) is 0 Å². The second kappa shape index (κ2) is 8.38. The fourth-order valence-electron chi connectivity index (χ4n) is 4.25. The predicted molar refractivity (Wildman–Crippen MR) is 122 cm³/mol. The molecule has 0 radical (unpaired) electrons. The summed E-state index contributed by atoms with van der Waals surface area (Å²) in [6.45, 7) is 0.342. The van der Waals surface area contributed by atoms with Crippen LogP contribution in [0, 0.1) is 0 Å². The predicted octanol–water partition coefficient (Wildman–Crippen LogP) is 2.73. The number of hydrogen-bond donors (Lipinski definition) is 3. The minimum absolute atomic E-state index is 0.0131. The lowest BCUT2D eigenvalue weighted by molar-refractivity contribution is -0.135. The molecule has 0 aliphatic carbocycles. The van der Waals surface area contributed by atoms with Crippen LogP contribution in [0.3, 0.4) is 0 Å². The number of nitrogens with one attached hydrogen (secondary N) is 2. The van der Waals surface area contributed by atoms with Gasteiger partial charge in [-0.15, -0.1) is 0 Å². The lowest BCUT2D eigenvalue weighted by atomic mass is 10.1. The van der Waals surface area contributed by atoms with E-state index in [-0.39, 0.29) is 30.5 Å². The molecular weight excluding hydrogens is 420 g/mol. The van der Waals surface area contributed by atoms with E-state index in [4.69, 9.17) is 0 Å². The summed E-state index contributed by atoms with van der Waals surface area (Å²) in [5, 5.41) is 18.2. The van der Waals surface area contributed by atoms with Crippen molar-refractivity contribution in [2.75, 3.05) is 0 Å². The van der Waals surface area contributed by atoms with Crippen molar-refractivity contribution in [2.24, 2.45) is 0 Å². The number of amides is 3. The zero-order chi connectivity index (χ0) is 22.9. The molecule has 3 heterocycles. The molecule has 0 spiro atoms. The summed E-state index contributed by atoms with van der Waals surface area (Å²) in [6.07, 6.45) is 4.28. The average Bonchev–Trinajstić information content (AvgIpc) is 3.13. The van der Waals surface area contributed by atoms with Gasteiger partial charge in [0.1, 0.15) is 6.04 Å². The number of imide groups is 1. The molecule has 8 nitrogen and oxygen atoms in total. The largest absolute Gasteiger partial charge is 0.494 e. The Morgan fingerprint density at radius 3 is 2.79 bits per heavy atom. The van der Waals surface area contributed by atoms with Crippen molar-refractivity contribution in [3.8, 4) is 5.88 Å². The number of hydrogen-bond acceptors (Lipinski definition) is 5. The third kappa shape index (κ3) is 4.15. The van der Waals surface area contributed by atoms with E-state index in [2.05, 4.69) is 15.6 Å². The fourth-order valence-corrected chi connectivity index (χ4v) is 4.25. The van der Waals surface area contributed by atoms with Crippen LogP contribution < -0.4 is 10.6 Å². The zero-order valence-corrected chi connectivity index (χ0v) is 17.7. The maximum absolute atomic E-state index is 12.5. The van der Waals surface area contributed by atoms with E-state index in [1.165, 1.54) is 4.57 Å². The quantitative estimate of drug-likeness (QED) is 0.411. The van der Waals surface area contributed by atoms with Crippen LogP contribution in [0.5, 0.6) is 5.88 Å². The first-order chi connectivity index (χ1) is 16.0. The maximum Gasteiger partial charge on any atom is 0.249 e. The molecule has 33 heavy (non-hydrogen) atoms. The highest BCUT2D eigenvalue weighted by Crippen LogP contribution is 2.33. The molecule has 1 fully saturated rings. The van der Waals surface area contributed by atoms with Crippen LogP contribution in [-0.4, -0.2) is 32.4 Å². The number of rotatable bonds is 5. The molecule has 1 saturated heterocycles. The van der Waals surface area contributed by atoms with Gasteiger partial charge in [-0.05, 0) is 47.9 Å². The first-order valence-corrected chi connectivity index (χ1v) is 10.7. The van der Waals surface area contributed by atoms with Crippen molar-refractivity contribution < 1.29 is 19.5 Å². The number of fused-ring (bicyclic) bond motifs is 2. The maximum atomic E-state index is 12.5. The smallest absolute Gasteiger partial charge is 0.249 e. The minimum atomic E-state index is -0.629. The molecule has 3 amide bonds. The number of carbonyl (C=O) groups is 3. The molecule has 8 heteroatoms. The van der Waals surface area contributed by atoms with Crippen molar-refractivity contribution in [3.63, 3.8) is 0 Å². The molecule has 1 atom stereocenters. The normalized spacial score (nSPS) is 16.2. The molecule has 5 rings (SSSR count). The van der Waals surface area contributed by atoms with Gasteiger partial charge in [0.2, 0.25) is 17.7 Å². The summed E-state index contributed by atoms with van der Waals surface area (Å²) >= 11 is 0. The molecule has 1 aliphatic heterocycles. The topological polar surface area (TPSA) is 113 Å². The van der Waals surface area contributed by atoms with E-state index in [9.17, 15) is 19.5 Å². The van der Waals surface area contributed by atoms with Gasteiger partial charge in [0.25, 0.3) is 0 Å². The SMILES string of the molecule is O=C(Cc1ccc2ncccc2c1)NCc1ccc2c(O)n(C3CCC(=O)NC3=O)cc2c1. The second-order valence-electron chi connectivity index (χ2n) is 8.23. The summed E-state index contributed by atoms with van der Waals surface area (Å²) in [7, 11) is 0. The molecule has 0 bridgehead atoms. The molecule has 1 aliphatic rings. The molecule has 0 saturated carbocycles. The third-order valence-corrected chi connectivity index (χ3v) is 5.95. The molecule has 1 unspecified atom stereocenters. The van der Waals surface area contributed by atoms with Crippen LogP contribution >= 0.6 is 0 Å². The Hall–Kier alpha value is -4.20. The van der Waals surface area contributed by atoms with Gasteiger partial charge in [0.05, 0.1) is 11.9 Å². The van der Waals surface area contributed by atoms with E-state index < -0.39 is 11.9 Å². The van der Waals surface area contributed by atoms with Gasteiger partial charge in [-0.25, -0.2) is 0 Å². The Morgan fingerprint density at radius 1 is 1.12 bits per heavy atom. The van der Waals surface area contributed by atoms with E-state index in [1.54, 1.807) is 18.5 Å². The lowest BCUT2D eigenvalue weighted by Crippen LogP contribution is -2.41. The molecule has 166 valence electrons. The van der Waals surface area contributed by atoms with Crippen LogP contribution in [-0.2, 0) is 27.3 Å². The Labute approximate surface area is 189 Å². The Kier molecular flexibility index (Phi) is 5.26. The summed E-state index contributed by atoms with van der Waals surface area (Å²) in [4.78, 5) is 40.4.